The van der Waals surface area contributed by atoms with Crippen molar-refractivity contribution in [1.82, 2.24) is 0 Å². The molecule has 1 atom stereocenters. The van der Waals surface area contributed by atoms with Crippen LogP contribution in [0.3, 0.4) is 0 Å². The summed E-state index contributed by atoms with van der Waals surface area (Å²) >= 11 is 5.96. The van der Waals surface area contributed by atoms with Crippen molar-refractivity contribution in [3.05, 3.63) is 70.4 Å². The van der Waals surface area contributed by atoms with Crippen LogP contribution in [0.5, 0.6) is 0 Å². The molecule has 0 spiro atoms. The summed E-state index contributed by atoms with van der Waals surface area (Å²) in [6, 6.07) is 15.9. The lowest BCUT2D eigenvalue weighted by molar-refractivity contribution is 0.0786. The van der Waals surface area contributed by atoms with E-state index in [9.17, 15) is 5.11 Å². The van der Waals surface area contributed by atoms with Crippen molar-refractivity contribution in [2.24, 2.45) is 0 Å². The molecule has 0 radical (unpaired) electrons. The second-order valence-electron chi connectivity index (χ2n) is 5.05. The summed E-state index contributed by atoms with van der Waals surface area (Å²) in [6.45, 7) is 1.66. The summed E-state index contributed by atoms with van der Waals surface area (Å²) in [6.07, 6.45) is 0. The van der Waals surface area contributed by atoms with Gasteiger partial charge in [-0.1, -0.05) is 23.7 Å². The van der Waals surface area contributed by atoms with Gasteiger partial charge in [0, 0.05) is 10.4 Å². The number of fused-ring (bicyclic) bond motifs is 1. The Morgan fingerprint density at radius 1 is 1.14 bits per heavy atom. The molecule has 0 saturated carbocycles. The first kappa shape index (κ1) is 13.7. The summed E-state index contributed by atoms with van der Waals surface area (Å²) in [5.41, 5.74) is 0.598. The van der Waals surface area contributed by atoms with E-state index in [1.807, 2.05) is 0 Å². The van der Waals surface area contributed by atoms with Crippen LogP contribution in [0.1, 0.15) is 23.8 Å². The van der Waals surface area contributed by atoms with Crippen molar-refractivity contribution in [2.45, 2.75) is 12.5 Å². The first-order valence-corrected chi connectivity index (χ1v) is 6.81. The number of rotatable bonds is 2. The average Bonchev–Trinajstić information content (AvgIpc) is 2.91. The maximum Gasteiger partial charge on any atom is 0.144 e. The topological polar surface area (TPSA) is 57.2 Å². The fourth-order valence-corrected chi connectivity index (χ4v) is 2.45. The highest BCUT2D eigenvalue weighted by atomic mass is 35.5. The Kier molecular flexibility index (Phi) is 3.21. The van der Waals surface area contributed by atoms with Crippen LogP contribution < -0.4 is 0 Å². The minimum atomic E-state index is -1.28. The summed E-state index contributed by atoms with van der Waals surface area (Å²) in [5.74, 6) is 0.435. The van der Waals surface area contributed by atoms with E-state index in [0.717, 1.165) is 5.39 Å². The Bertz CT molecular complexity index is 841. The van der Waals surface area contributed by atoms with Gasteiger partial charge in [-0.3, -0.25) is 0 Å². The Morgan fingerprint density at radius 2 is 1.86 bits per heavy atom. The third kappa shape index (κ3) is 2.40. The van der Waals surface area contributed by atoms with Crippen molar-refractivity contribution in [3.63, 3.8) is 0 Å². The third-order valence-electron chi connectivity index (χ3n) is 3.53. The molecule has 0 amide bonds. The van der Waals surface area contributed by atoms with Crippen molar-refractivity contribution < 1.29 is 9.52 Å². The van der Waals surface area contributed by atoms with Gasteiger partial charge in [0.2, 0.25) is 0 Å². The van der Waals surface area contributed by atoms with Crippen molar-refractivity contribution in [2.75, 3.05) is 0 Å². The molecule has 0 bridgehead atoms. The quantitative estimate of drug-likeness (QED) is 0.770. The third-order valence-corrected chi connectivity index (χ3v) is 3.77. The number of aliphatic hydroxyl groups is 1. The Labute approximate surface area is 127 Å². The number of nitriles is 1. The molecule has 104 valence electrons. The zero-order valence-corrected chi connectivity index (χ0v) is 12.1. The van der Waals surface area contributed by atoms with Gasteiger partial charge < -0.3 is 9.52 Å². The summed E-state index contributed by atoms with van der Waals surface area (Å²) in [4.78, 5) is 0. The molecule has 21 heavy (non-hydrogen) atoms. The molecule has 0 aliphatic rings. The Morgan fingerprint density at radius 3 is 2.52 bits per heavy atom. The number of halogens is 1. The highest BCUT2D eigenvalue weighted by Gasteiger charge is 2.29. The van der Waals surface area contributed by atoms with Crippen LogP contribution >= 0.6 is 11.6 Å². The van der Waals surface area contributed by atoms with E-state index in [2.05, 4.69) is 6.07 Å². The fraction of sp³-hybridized carbons (Fsp3) is 0.118. The lowest BCUT2D eigenvalue weighted by atomic mass is 9.92. The van der Waals surface area contributed by atoms with Gasteiger partial charge in [0.15, 0.2) is 0 Å². The zero-order chi connectivity index (χ0) is 15.0. The molecule has 4 heteroatoms. The molecule has 3 aromatic rings. The molecule has 3 nitrogen and oxygen atoms in total. The molecule has 0 saturated heterocycles. The number of hydrogen-bond donors (Lipinski definition) is 1. The minimum absolute atomic E-state index is 0.435. The van der Waals surface area contributed by atoms with Gasteiger partial charge in [-0.2, -0.15) is 5.26 Å². The highest BCUT2D eigenvalue weighted by Crippen LogP contribution is 2.34. The van der Waals surface area contributed by atoms with Gasteiger partial charge >= 0.3 is 0 Å². The fourth-order valence-electron chi connectivity index (χ4n) is 2.27. The average molecular weight is 298 g/mol. The van der Waals surface area contributed by atoms with E-state index >= 15 is 0 Å². The van der Waals surface area contributed by atoms with E-state index in [0.29, 0.717) is 27.5 Å². The van der Waals surface area contributed by atoms with Crippen LogP contribution in [0.4, 0.5) is 0 Å². The van der Waals surface area contributed by atoms with Crippen molar-refractivity contribution in [1.29, 1.82) is 5.26 Å². The first-order chi connectivity index (χ1) is 10.0. The lowest BCUT2D eigenvalue weighted by Gasteiger charge is -2.21. The van der Waals surface area contributed by atoms with Crippen LogP contribution in [-0.2, 0) is 5.60 Å². The normalized spacial score (nSPS) is 13.8. The predicted molar refractivity (Wildman–Crippen MR) is 81.1 cm³/mol. The standard InChI is InChI=1S/C17H12ClNO2/c1-17(20,13-4-2-11(10-19)3-5-13)16-9-12-8-14(18)6-7-15(12)21-16/h2-9,20H,1H3. The maximum absolute atomic E-state index is 10.8. The number of nitrogens with zero attached hydrogens (tertiary/aromatic N) is 1. The smallest absolute Gasteiger partial charge is 0.144 e. The van der Waals surface area contributed by atoms with Gasteiger partial charge in [-0.15, -0.1) is 0 Å². The molecule has 0 aliphatic heterocycles. The first-order valence-electron chi connectivity index (χ1n) is 6.43. The van der Waals surface area contributed by atoms with Gasteiger partial charge in [0.05, 0.1) is 11.6 Å². The largest absolute Gasteiger partial charge is 0.458 e. The van der Waals surface area contributed by atoms with Crippen molar-refractivity contribution in [3.8, 4) is 6.07 Å². The van der Waals surface area contributed by atoms with E-state index in [-0.39, 0.29) is 0 Å². The van der Waals surface area contributed by atoms with Crippen LogP contribution in [-0.4, -0.2) is 5.11 Å². The van der Waals surface area contributed by atoms with Gasteiger partial charge in [-0.05, 0) is 48.9 Å². The highest BCUT2D eigenvalue weighted by molar-refractivity contribution is 6.31. The van der Waals surface area contributed by atoms with Crippen LogP contribution in [0, 0.1) is 11.3 Å². The molecule has 0 aliphatic carbocycles. The number of hydrogen-bond acceptors (Lipinski definition) is 3. The van der Waals surface area contributed by atoms with E-state index in [4.69, 9.17) is 21.3 Å². The van der Waals surface area contributed by atoms with Crippen LogP contribution in [0.25, 0.3) is 11.0 Å². The SMILES string of the molecule is CC(O)(c1ccc(C#N)cc1)c1cc2cc(Cl)ccc2o1. The van der Waals surface area contributed by atoms with Crippen molar-refractivity contribution >= 4 is 22.6 Å². The number of furan rings is 1. The summed E-state index contributed by atoms with van der Waals surface area (Å²) < 4.78 is 5.73. The molecular formula is C17H12ClNO2. The molecule has 1 unspecified atom stereocenters. The van der Waals surface area contributed by atoms with Gasteiger partial charge in [-0.25, -0.2) is 0 Å². The zero-order valence-electron chi connectivity index (χ0n) is 11.3. The minimum Gasteiger partial charge on any atom is -0.458 e. The Hall–Kier alpha value is -2.28. The second-order valence-corrected chi connectivity index (χ2v) is 5.49. The molecule has 1 N–H and O–H groups in total. The second kappa shape index (κ2) is 4.92. The summed E-state index contributed by atoms with van der Waals surface area (Å²) in [7, 11) is 0. The molecule has 1 aromatic heterocycles. The monoisotopic (exact) mass is 297 g/mol. The van der Waals surface area contributed by atoms with Gasteiger partial charge in [0.25, 0.3) is 0 Å². The van der Waals surface area contributed by atoms with E-state index in [1.54, 1.807) is 55.5 Å². The number of benzene rings is 2. The Balaban J connectivity index is 2.07. The molecular weight excluding hydrogens is 286 g/mol. The van der Waals surface area contributed by atoms with E-state index < -0.39 is 5.60 Å². The predicted octanol–water partition coefficient (Wildman–Crippen LogP) is 4.21. The van der Waals surface area contributed by atoms with E-state index in [1.165, 1.54) is 0 Å². The van der Waals surface area contributed by atoms with Crippen LogP contribution in [0.15, 0.2) is 52.9 Å². The molecule has 2 aromatic carbocycles. The molecule has 3 rings (SSSR count). The summed E-state index contributed by atoms with van der Waals surface area (Å²) in [5, 5.41) is 21.1. The van der Waals surface area contributed by atoms with Crippen LogP contribution in [0.2, 0.25) is 5.02 Å². The lowest BCUT2D eigenvalue weighted by Crippen LogP contribution is -2.21. The molecule has 0 fully saturated rings. The molecule has 1 heterocycles. The van der Waals surface area contributed by atoms with Gasteiger partial charge in [0.1, 0.15) is 16.9 Å². The maximum atomic E-state index is 10.8.